The molecule has 1 aliphatic heterocycles. The maximum Gasteiger partial charge on any atom is 0.255 e. The molecule has 31 heavy (non-hydrogen) atoms. The standard InChI is InChI=1S/C21H27ClN4O4S/c1-30-20-7-6-18(31(23,28)29)15-19(20)21(27)24-8-3-9-25-10-12-26(13-11-25)17-5-2-4-16(22)14-17/h2,4-7,14-15H,3,8-13H2,1H3,(H,24,27)(H2,23,28,29)/p+1. The number of nitrogens with zero attached hydrogens (tertiary/aromatic N) is 1. The van der Waals surface area contributed by atoms with Crippen molar-refractivity contribution in [2.24, 2.45) is 5.14 Å². The SMILES string of the molecule is COc1ccc(S(N)(=O)=O)cc1C(=O)NCCC[NH+]1CCN(c2cccc(Cl)c2)CC1. The summed E-state index contributed by atoms with van der Waals surface area (Å²) in [6.07, 6.45) is 0.815. The number of primary sulfonamides is 1. The van der Waals surface area contributed by atoms with Crippen LogP contribution >= 0.6 is 11.6 Å². The molecule has 10 heteroatoms. The molecule has 1 amide bonds. The topological polar surface area (TPSA) is 106 Å². The molecule has 4 N–H and O–H groups in total. The molecule has 2 aromatic rings. The highest BCUT2D eigenvalue weighted by Gasteiger charge is 2.21. The predicted octanol–water partition coefficient (Wildman–Crippen LogP) is 0.521. The fourth-order valence-corrected chi connectivity index (χ4v) is 4.41. The fraction of sp³-hybridized carbons (Fsp3) is 0.381. The van der Waals surface area contributed by atoms with Gasteiger partial charge in [0.25, 0.3) is 5.91 Å². The van der Waals surface area contributed by atoms with Gasteiger partial charge in [0.15, 0.2) is 0 Å². The first kappa shape index (κ1) is 23.3. The third-order valence-corrected chi connectivity index (χ3v) is 6.53. The zero-order valence-corrected chi connectivity index (χ0v) is 19.0. The first-order valence-corrected chi connectivity index (χ1v) is 12.0. The number of quaternary nitrogens is 1. The van der Waals surface area contributed by atoms with Crippen LogP contribution in [0.1, 0.15) is 16.8 Å². The van der Waals surface area contributed by atoms with E-state index in [1.165, 1.54) is 30.2 Å². The van der Waals surface area contributed by atoms with Crippen molar-refractivity contribution in [3.8, 4) is 5.75 Å². The van der Waals surface area contributed by atoms with Gasteiger partial charge in [0.2, 0.25) is 10.0 Å². The third-order valence-electron chi connectivity index (χ3n) is 5.38. The van der Waals surface area contributed by atoms with Gasteiger partial charge in [0.1, 0.15) is 5.75 Å². The maximum absolute atomic E-state index is 12.5. The van der Waals surface area contributed by atoms with Gasteiger partial charge in [-0.2, -0.15) is 0 Å². The summed E-state index contributed by atoms with van der Waals surface area (Å²) in [6, 6.07) is 11.9. The Labute approximate surface area is 188 Å². The number of piperazine rings is 1. The molecule has 1 fully saturated rings. The number of amides is 1. The van der Waals surface area contributed by atoms with Gasteiger partial charge in [0.05, 0.1) is 50.3 Å². The van der Waals surface area contributed by atoms with Crippen LogP contribution in [0, 0.1) is 0 Å². The van der Waals surface area contributed by atoms with Crippen molar-refractivity contribution in [3.63, 3.8) is 0 Å². The summed E-state index contributed by atoms with van der Waals surface area (Å²) in [5, 5.41) is 8.75. The lowest BCUT2D eigenvalue weighted by Crippen LogP contribution is -3.15. The summed E-state index contributed by atoms with van der Waals surface area (Å²) in [7, 11) is -2.48. The van der Waals surface area contributed by atoms with Crippen molar-refractivity contribution in [2.75, 3.05) is 51.3 Å². The second-order valence-corrected chi connectivity index (χ2v) is 9.48. The molecular formula is C21H28ClN4O4S+. The molecule has 0 atom stereocenters. The van der Waals surface area contributed by atoms with Crippen LogP contribution in [-0.2, 0) is 10.0 Å². The Morgan fingerprint density at radius 1 is 1.23 bits per heavy atom. The van der Waals surface area contributed by atoms with E-state index in [9.17, 15) is 13.2 Å². The molecule has 1 heterocycles. The third kappa shape index (κ3) is 6.33. The number of nitrogens with one attached hydrogen (secondary N) is 2. The number of ether oxygens (including phenoxy) is 1. The Balaban J connectivity index is 1.46. The van der Waals surface area contributed by atoms with Crippen LogP contribution in [0.2, 0.25) is 5.02 Å². The summed E-state index contributed by atoms with van der Waals surface area (Å²) in [5.41, 5.74) is 1.30. The molecular weight excluding hydrogens is 440 g/mol. The van der Waals surface area contributed by atoms with Gasteiger partial charge in [-0.3, -0.25) is 4.79 Å². The highest BCUT2D eigenvalue weighted by atomic mass is 35.5. The first-order valence-electron chi connectivity index (χ1n) is 10.1. The Hall–Kier alpha value is -2.33. The summed E-state index contributed by atoms with van der Waals surface area (Å²) in [4.78, 5) is 16.2. The van der Waals surface area contributed by atoms with Gasteiger partial charge in [-0.25, -0.2) is 13.6 Å². The molecule has 0 saturated carbocycles. The molecule has 0 unspecified atom stereocenters. The minimum Gasteiger partial charge on any atom is -0.496 e. The zero-order valence-electron chi connectivity index (χ0n) is 17.4. The second-order valence-electron chi connectivity index (χ2n) is 7.48. The minimum absolute atomic E-state index is 0.125. The van der Waals surface area contributed by atoms with Gasteiger partial charge in [0, 0.05) is 23.7 Å². The predicted molar refractivity (Wildman–Crippen MR) is 121 cm³/mol. The van der Waals surface area contributed by atoms with Crippen LogP contribution in [0.25, 0.3) is 0 Å². The number of carbonyl (C=O) groups is 1. The molecule has 0 aromatic heterocycles. The molecule has 1 saturated heterocycles. The van der Waals surface area contributed by atoms with E-state index >= 15 is 0 Å². The van der Waals surface area contributed by atoms with Gasteiger partial charge in [-0.1, -0.05) is 17.7 Å². The van der Waals surface area contributed by atoms with Crippen molar-refractivity contribution in [1.29, 1.82) is 0 Å². The van der Waals surface area contributed by atoms with E-state index in [1.54, 1.807) is 0 Å². The second kappa shape index (κ2) is 10.3. The lowest BCUT2D eigenvalue weighted by atomic mass is 10.2. The Kier molecular flexibility index (Phi) is 7.77. The highest BCUT2D eigenvalue weighted by Crippen LogP contribution is 2.22. The summed E-state index contributed by atoms with van der Waals surface area (Å²) >= 11 is 6.09. The number of anilines is 1. The molecule has 2 aromatic carbocycles. The number of sulfonamides is 1. The first-order chi connectivity index (χ1) is 14.8. The number of nitrogens with two attached hydrogens (primary N) is 1. The number of carbonyl (C=O) groups excluding carboxylic acids is 1. The lowest BCUT2D eigenvalue weighted by molar-refractivity contribution is -0.900. The van der Waals surface area contributed by atoms with Crippen LogP contribution in [0.15, 0.2) is 47.4 Å². The normalized spacial score (nSPS) is 15.0. The minimum atomic E-state index is -3.90. The number of halogens is 1. The van der Waals surface area contributed by atoms with E-state index in [4.69, 9.17) is 21.5 Å². The smallest absolute Gasteiger partial charge is 0.255 e. The highest BCUT2D eigenvalue weighted by molar-refractivity contribution is 7.89. The summed E-state index contributed by atoms with van der Waals surface area (Å²) in [6.45, 7) is 5.38. The lowest BCUT2D eigenvalue weighted by Gasteiger charge is -2.33. The molecule has 0 bridgehead atoms. The van der Waals surface area contributed by atoms with E-state index in [1.807, 2.05) is 18.2 Å². The molecule has 0 radical (unpaired) electrons. The molecule has 0 spiro atoms. The average Bonchev–Trinajstić information content (AvgIpc) is 2.76. The van der Waals surface area contributed by atoms with Crippen molar-refractivity contribution in [1.82, 2.24) is 5.32 Å². The monoisotopic (exact) mass is 467 g/mol. The van der Waals surface area contributed by atoms with Crippen LogP contribution in [-0.4, -0.2) is 60.7 Å². The van der Waals surface area contributed by atoms with E-state index in [0.29, 0.717) is 12.3 Å². The van der Waals surface area contributed by atoms with Crippen LogP contribution < -0.4 is 25.0 Å². The molecule has 168 valence electrons. The van der Waals surface area contributed by atoms with Crippen LogP contribution in [0.5, 0.6) is 5.75 Å². The van der Waals surface area contributed by atoms with Crippen molar-refractivity contribution in [3.05, 3.63) is 53.1 Å². The average molecular weight is 468 g/mol. The van der Waals surface area contributed by atoms with Gasteiger partial charge in [-0.15, -0.1) is 0 Å². The fourth-order valence-electron chi connectivity index (χ4n) is 3.68. The van der Waals surface area contributed by atoms with Crippen LogP contribution in [0.3, 0.4) is 0 Å². The van der Waals surface area contributed by atoms with Crippen molar-refractivity contribution >= 4 is 33.2 Å². The van der Waals surface area contributed by atoms with Crippen LogP contribution in [0.4, 0.5) is 5.69 Å². The molecule has 3 rings (SSSR count). The number of methoxy groups -OCH3 is 1. The van der Waals surface area contributed by atoms with E-state index in [-0.39, 0.29) is 16.4 Å². The molecule has 8 nitrogen and oxygen atoms in total. The molecule has 1 aliphatic rings. The Bertz CT molecular complexity index is 1020. The van der Waals surface area contributed by atoms with Gasteiger partial charge in [-0.05, 0) is 36.4 Å². The molecule has 0 aliphatic carbocycles. The quantitative estimate of drug-likeness (QED) is 0.491. The maximum atomic E-state index is 12.5. The van der Waals surface area contributed by atoms with E-state index in [0.717, 1.165) is 49.9 Å². The largest absolute Gasteiger partial charge is 0.496 e. The number of hydrogen-bond donors (Lipinski definition) is 3. The summed E-state index contributed by atoms with van der Waals surface area (Å²) < 4.78 is 28.3. The van der Waals surface area contributed by atoms with Crippen molar-refractivity contribution in [2.45, 2.75) is 11.3 Å². The van der Waals surface area contributed by atoms with E-state index in [2.05, 4.69) is 16.3 Å². The van der Waals surface area contributed by atoms with Gasteiger partial charge >= 0.3 is 0 Å². The number of benzene rings is 2. The number of rotatable bonds is 8. The number of hydrogen-bond acceptors (Lipinski definition) is 5. The Morgan fingerprint density at radius 2 is 1.97 bits per heavy atom. The van der Waals surface area contributed by atoms with E-state index < -0.39 is 10.0 Å². The van der Waals surface area contributed by atoms with Crippen molar-refractivity contribution < 1.29 is 22.8 Å². The summed E-state index contributed by atoms with van der Waals surface area (Å²) in [5.74, 6) is -0.0872. The Morgan fingerprint density at radius 3 is 2.61 bits per heavy atom. The van der Waals surface area contributed by atoms with Gasteiger partial charge < -0.3 is 19.9 Å². The zero-order chi connectivity index (χ0) is 22.4.